The maximum Gasteiger partial charge on any atom is 0.269 e. The predicted molar refractivity (Wildman–Crippen MR) is 104 cm³/mol. The molecule has 2 N–H and O–H groups in total. The van der Waals surface area contributed by atoms with E-state index >= 15 is 0 Å². The van der Waals surface area contributed by atoms with Gasteiger partial charge in [0.25, 0.3) is 11.8 Å². The molecule has 0 aliphatic heterocycles. The molecule has 2 rings (SSSR count). The van der Waals surface area contributed by atoms with E-state index in [1.807, 2.05) is 26.0 Å². The topological polar surface area (TPSA) is 76.7 Å². The fraction of sp³-hybridized carbons (Fsp3) is 0.333. The molecule has 0 radical (unpaired) electrons. The number of ether oxygens (including phenoxy) is 2. The van der Waals surface area contributed by atoms with Crippen LogP contribution in [0.15, 0.2) is 42.5 Å². The monoisotopic (exact) mass is 370 g/mol. The standard InChI is InChI=1S/C21H26N2O4/c1-13(2)15-6-8-16(9-7-15)20(24)22-23-21(25)17-10-11-18(27-14(3)4)19(12-17)26-5/h6-14H,1-5H3,(H,22,24)(H,23,25). The zero-order chi connectivity index (χ0) is 20.0. The molecule has 0 bridgehead atoms. The van der Waals surface area contributed by atoms with E-state index in [1.165, 1.54) is 7.11 Å². The van der Waals surface area contributed by atoms with Gasteiger partial charge in [-0.2, -0.15) is 0 Å². The van der Waals surface area contributed by atoms with E-state index in [2.05, 4.69) is 24.7 Å². The van der Waals surface area contributed by atoms with E-state index < -0.39 is 5.91 Å². The van der Waals surface area contributed by atoms with Crippen molar-refractivity contribution in [2.24, 2.45) is 0 Å². The first-order chi connectivity index (χ1) is 12.8. The third kappa shape index (κ3) is 5.48. The minimum atomic E-state index is -0.448. The summed E-state index contributed by atoms with van der Waals surface area (Å²) in [5, 5.41) is 0. The fourth-order valence-electron chi connectivity index (χ4n) is 2.44. The molecule has 0 aromatic heterocycles. The average Bonchev–Trinajstić information content (AvgIpc) is 2.65. The van der Waals surface area contributed by atoms with Gasteiger partial charge in [-0.1, -0.05) is 26.0 Å². The van der Waals surface area contributed by atoms with Crippen LogP contribution < -0.4 is 20.3 Å². The molecule has 144 valence electrons. The second-order valence-electron chi connectivity index (χ2n) is 6.72. The van der Waals surface area contributed by atoms with Gasteiger partial charge in [-0.15, -0.1) is 0 Å². The molecule has 6 nitrogen and oxygen atoms in total. The van der Waals surface area contributed by atoms with Gasteiger partial charge in [0.05, 0.1) is 13.2 Å². The predicted octanol–water partition coefficient (Wildman–Crippen LogP) is 3.68. The molecule has 2 amide bonds. The lowest BCUT2D eigenvalue weighted by Gasteiger charge is -2.14. The molecule has 0 saturated heterocycles. The molecule has 6 heteroatoms. The van der Waals surface area contributed by atoms with Gasteiger partial charge < -0.3 is 9.47 Å². The molecule has 27 heavy (non-hydrogen) atoms. The minimum Gasteiger partial charge on any atom is -0.493 e. The number of amides is 2. The molecule has 0 fully saturated rings. The average molecular weight is 370 g/mol. The number of methoxy groups -OCH3 is 1. The summed E-state index contributed by atoms with van der Waals surface area (Å²) in [5.74, 6) is 0.562. The first-order valence-electron chi connectivity index (χ1n) is 8.87. The number of carbonyl (C=O) groups is 2. The lowest BCUT2D eigenvalue weighted by atomic mass is 10.0. The van der Waals surface area contributed by atoms with E-state index in [0.717, 1.165) is 5.56 Å². The smallest absolute Gasteiger partial charge is 0.269 e. The summed E-state index contributed by atoms with van der Waals surface area (Å²) in [4.78, 5) is 24.5. The number of carbonyl (C=O) groups excluding carboxylic acids is 2. The van der Waals surface area contributed by atoms with Crippen LogP contribution in [0.5, 0.6) is 11.5 Å². The van der Waals surface area contributed by atoms with Gasteiger partial charge in [-0.05, 0) is 55.7 Å². The summed E-state index contributed by atoms with van der Waals surface area (Å²) < 4.78 is 10.9. The Kier molecular flexibility index (Phi) is 6.82. The maximum atomic E-state index is 12.3. The molecule has 0 spiro atoms. The highest BCUT2D eigenvalue weighted by Gasteiger charge is 2.13. The first-order valence-corrected chi connectivity index (χ1v) is 8.87. The van der Waals surface area contributed by atoms with Gasteiger partial charge in [-0.25, -0.2) is 0 Å². The molecule has 0 aliphatic rings. The van der Waals surface area contributed by atoms with Crippen molar-refractivity contribution < 1.29 is 19.1 Å². The Morgan fingerprint density at radius 3 is 1.89 bits per heavy atom. The largest absolute Gasteiger partial charge is 0.493 e. The third-order valence-corrected chi connectivity index (χ3v) is 3.92. The maximum absolute atomic E-state index is 12.3. The van der Waals surface area contributed by atoms with Crippen molar-refractivity contribution in [2.75, 3.05) is 7.11 Å². The molecule has 0 heterocycles. The normalized spacial score (nSPS) is 10.6. The van der Waals surface area contributed by atoms with Crippen molar-refractivity contribution in [3.05, 3.63) is 59.2 Å². The zero-order valence-corrected chi connectivity index (χ0v) is 16.3. The van der Waals surface area contributed by atoms with Gasteiger partial charge >= 0.3 is 0 Å². The van der Waals surface area contributed by atoms with Crippen LogP contribution in [0.2, 0.25) is 0 Å². The van der Waals surface area contributed by atoms with Crippen LogP contribution in [0.3, 0.4) is 0 Å². The Balaban J connectivity index is 2.01. The molecule has 0 unspecified atom stereocenters. The van der Waals surface area contributed by atoms with E-state index in [0.29, 0.717) is 28.5 Å². The Morgan fingerprint density at radius 1 is 0.815 bits per heavy atom. The number of nitrogens with one attached hydrogen (secondary N) is 2. The molecular formula is C21H26N2O4. The second-order valence-corrected chi connectivity index (χ2v) is 6.72. The van der Waals surface area contributed by atoms with Gasteiger partial charge in [0.1, 0.15) is 0 Å². The molecule has 0 aliphatic carbocycles. The molecular weight excluding hydrogens is 344 g/mol. The van der Waals surface area contributed by atoms with Crippen LogP contribution in [-0.4, -0.2) is 25.0 Å². The van der Waals surface area contributed by atoms with Crippen molar-refractivity contribution in [1.29, 1.82) is 0 Å². The van der Waals surface area contributed by atoms with Crippen LogP contribution in [0, 0.1) is 0 Å². The zero-order valence-electron chi connectivity index (χ0n) is 16.3. The Bertz CT molecular complexity index is 798. The van der Waals surface area contributed by atoms with E-state index in [4.69, 9.17) is 9.47 Å². The minimum absolute atomic E-state index is 0.0139. The van der Waals surface area contributed by atoms with Crippen molar-refractivity contribution in [3.8, 4) is 11.5 Å². The molecule has 2 aromatic rings. The van der Waals surface area contributed by atoms with Crippen LogP contribution in [-0.2, 0) is 0 Å². The Labute approximate surface area is 159 Å². The lowest BCUT2D eigenvalue weighted by Crippen LogP contribution is -2.41. The number of hydrogen-bond donors (Lipinski definition) is 2. The highest BCUT2D eigenvalue weighted by molar-refractivity contribution is 5.99. The van der Waals surface area contributed by atoms with Gasteiger partial charge in [0.2, 0.25) is 0 Å². The van der Waals surface area contributed by atoms with Crippen LogP contribution in [0.25, 0.3) is 0 Å². The lowest BCUT2D eigenvalue weighted by molar-refractivity contribution is 0.0846. The molecule has 0 atom stereocenters. The van der Waals surface area contributed by atoms with Gasteiger partial charge in [0.15, 0.2) is 11.5 Å². The van der Waals surface area contributed by atoms with E-state index in [9.17, 15) is 9.59 Å². The second kappa shape index (κ2) is 9.07. The third-order valence-electron chi connectivity index (χ3n) is 3.92. The summed E-state index contributed by atoms with van der Waals surface area (Å²) >= 11 is 0. The summed E-state index contributed by atoms with van der Waals surface area (Å²) in [7, 11) is 1.51. The number of hydrazine groups is 1. The Hall–Kier alpha value is -3.02. The van der Waals surface area contributed by atoms with E-state index in [1.54, 1.807) is 30.3 Å². The van der Waals surface area contributed by atoms with Crippen molar-refractivity contribution in [2.45, 2.75) is 39.7 Å². The summed E-state index contributed by atoms with van der Waals surface area (Å²) in [5.41, 5.74) is 6.79. The highest BCUT2D eigenvalue weighted by atomic mass is 16.5. The fourth-order valence-corrected chi connectivity index (χ4v) is 2.44. The summed E-state index contributed by atoms with van der Waals surface area (Å²) in [6.07, 6.45) is -0.0139. The SMILES string of the molecule is COc1cc(C(=O)NNC(=O)c2ccc(C(C)C)cc2)ccc1OC(C)C. The van der Waals surface area contributed by atoms with Gasteiger partial charge in [0, 0.05) is 11.1 Å². The van der Waals surface area contributed by atoms with Crippen molar-refractivity contribution in [3.63, 3.8) is 0 Å². The first kappa shape index (κ1) is 20.3. The van der Waals surface area contributed by atoms with Crippen LogP contribution >= 0.6 is 0 Å². The quantitative estimate of drug-likeness (QED) is 0.761. The summed E-state index contributed by atoms with van der Waals surface area (Å²) in [6.45, 7) is 7.98. The number of rotatable bonds is 6. The number of benzene rings is 2. The number of hydrogen-bond acceptors (Lipinski definition) is 4. The van der Waals surface area contributed by atoms with Crippen molar-refractivity contribution >= 4 is 11.8 Å². The van der Waals surface area contributed by atoms with Crippen LogP contribution in [0.1, 0.15) is 59.9 Å². The van der Waals surface area contributed by atoms with E-state index in [-0.39, 0.29) is 12.0 Å². The molecule has 2 aromatic carbocycles. The Morgan fingerprint density at radius 2 is 1.37 bits per heavy atom. The molecule has 0 saturated carbocycles. The van der Waals surface area contributed by atoms with Crippen LogP contribution in [0.4, 0.5) is 0 Å². The van der Waals surface area contributed by atoms with Gasteiger partial charge in [-0.3, -0.25) is 20.4 Å². The summed E-state index contributed by atoms with van der Waals surface area (Å²) in [6, 6.07) is 12.1. The highest BCUT2D eigenvalue weighted by Crippen LogP contribution is 2.28. The van der Waals surface area contributed by atoms with Crippen molar-refractivity contribution in [1.82, 2.24) is 10.9 Å².